The van der Waals surface area contributed by atoms with E-state index in [4.69, 9.17) is 0 Å². The summed E-state index contributed by atoms with van der Waals surface area (Å²) in [5, 5.41) is 4.33. The lowest BCUT2D eigenvalue weighted by molar-refractivity contribution is 0.0987. The number of hydrogen-bond acceptors (Lipinski definition) is 3. The molecule has 2 rings (SSSR count). The van der Waals surface area contributed by atoms with Gasteiger partial charge in [0, 0.05) is 12.7 Å². The Morgan fingerprint density at radius 1 is 1.38 bits per heavy atom. The van der Waals surface area contributed by atoms with Gasteiger partial charge in [-0.25, -0.2) is 0 Å². The Hall–Kier alpha value is -1.69. The number of anilines is 1. The zero-order chi connectivity index (χ0) is 15.6. The fraction of sp³-hybridized carbons (Fsp3) is 0.400. The van der Waals surface area contributed by atoms with Gasteiger partial charge in [0.1, 0.15) is 4.60 Å². The lowest BCUT2D eigenvalue weighted by atomic mass is 10.1. The van der Waals surface area contributed by atoms with Gasteiger partial charge in [0.2, 0.25) is 0 Å². The van der Waals surface area contributed by atoms with E-state index in [-0.39, 0.29) is 11.4 Å². The summed E-state index contributed by atoms with van der Waals surface area (Å²) >= 11 is 3.50. The van der Waals surface area contributed by atoms with E-state index >= 15 is 0 Å². The molecule has 0 unspecified atom stereocenters. The molecule has 5 nitrogen and oxygen atoms in total. The van der Waals surface area contributed by atoms with E-state index in [0.717, 1.165) is 5.69 Å². The van der Waals surface area contributed by atoms with Gasteiger partial charge in [0.15, 0.2) is 0 Å². The average Bonchev–Trinajstić information content (AvgIpc) is 2.82. The van der Waals surface area contributed by atoms with E-state index in [1.54, 1.807) is 28.2 Å². The number of rotatable bonds is 3. The fourth-order valence-corrected chi connectivity index (χ4v) is 2.94. The van der Waals surface area contributed by atoms with Gasteiger partial charge in [0.05, 0.1) is 29.2 Å². The first-order chi connectivity index (χ1) is 9.86. The maximum atomic E-state index is 12.8. The van der Waals surface area contributed by atoms with Crippen molar-refractivity contribution in [2.75, 3.05) is 11.4 Å². The number of pyridine rings is 1. The van der Waals surface area contributed by atoms with Gasteiger partial charge in [-0.15, -0.1) is 0 Å². The summed E-state index contributed by atoms with van der Waals surface area (Å²) in [5.41, 5.74) is 1.14. The third kappa shape index (κ3) is 3.15. The van der Waals surface area contributed by atoms with Crippen LogP contribution in [0.1, 0.15) is 38.1 Å². The number of halogens is 1. The topological polar surface area (TPSA) is 51.0 Å². The SMILES string of the molecule is CCN(C(=O)c1cnn(C(C)(C)C)c1Br)c1cccnc1. The second kappa shape index (κ2) is 5.97. The van der Waals surface area contributed by atoms with Gasteiger partial charge in [-0.05, 0) is 55.8 Å². The third-order valence-electron chi connectivity index (χ3n) is 3.10. The van der Waals surface area contributed by atoms with Crippen molar-refractivity contribution in [1.82, 2.24) is 14.8 Å². The van der Waals surface area contributed by atoms with Crippen LogP contribution in [0.15, 0.2) is 35.3 Å². The molecule has 2 aromatic heterocycles. The van der Waals surface area contributed by atoms with E-state index < -0.39 is 0 Å². The van der Waals surface area contributed by atoms with Crippen molar-refractivity contribution < 1.29 is 4.79 Å². The maximum Gasteiger partial charge on any atom is 0.262 e. The van der Waals surface area contributed by atoms with E-state index in [1.165, 1.54) is 0 Å². The van der Waals surface area contributed by atoms with E-state index in [0.29, 0.717) is 16.7 Å². The summed E-state index contributed by atoms with van der Waals surface area (Å²) < 4.78 is 2.50. The van der Waals surface area contributed by atoms with Crippen LogP contribution >= 0.6 is 15.9 Å². The molecule has 0 fully saturated rings. The highest BCUT2D eigenvalue weighted by Crippen LogP contribution is 2.26. The van der Waals surface area contributed by atoms with Crippen LogP contribution in [-0.2, 0) is 5.54 Å². The molecule has 0 bridgehead atoms. The van der Waals surface area contributed by atoms with Crippen molar-refractivity contribution in [3.8, 4) is 0 Å². The molecule has 0 aromatic carbocycles. The standard InChI is InChI=1S/C15H19BrN4O/c1-5-19(11-7-6-8-17-9-11)14(21)12-10-18-20(13(12)16)15(2,3)4/h6-10H,5H2,1-4H3. The maximum absolute atomic E-state index is 12.8. The number of hydrogen-bond donors (Lipinski definition) is 0. The van der Waals surface area contributed by atoms with Crippen LogP contribution in [0.25, 0.3) is 0 Å². The predicted molar refractivity (Wildman–Crippen MR) is 86.5 cm³/mol. The molecule has 0 atom stereocenters. The molecule has 112 valence electrons. The molecule has 0 radical (unpaired) electrons. The highest BCUT2D eigenvalue weighted by molar-refractivity contribution is 9.10. The van der Waals surface area contributed by atoms with Crippen LogP contribution < -0.4 is 4.90 Å². The summed E-state index contributed by atoms with van der Waals surface area (Å²) in [4.78, 5) is 18.5. The zero-order valence-electron chi connectivity index (χ0n) is 12.7. The zero-order valence-corrected chi connectivity index (χ0v) is 14.3. The highest BCUT2D eigenvalue weighted by atomic mass is 79.9. The van der Waals surface area contributed by atoms with E-state index in [2.05, 4.69) is 26.0 Å². The molecule has 0 saturated heterocycles. The normalized spacial score (nSPS) is 11.5. The molecule has 1 amide bonds. The molecule has 21 heavy (non-hydrogen) atoms. The van der Waals surface area contributed by atoms with Crippen LogP contribution in [0.2, 0.25) is 0 Å². The second-order valence-corrected chi connectivity index (χ2v) is 6.44. The van der Waals surface area contributed by atoms with Crippen LogP contribution in [0.5, 0.6) is 0 Å². The van der Waals surface area contributed by atoms with Crippen LogP contribution in [-0.4, -0.2) is 27.2 Å². The summed E-state index contributed by atoms with van der Waals surface area (Å²) in [5.74, 6) is -0.0899. The van der Waals surface area contributed by atoms with Gasteiger partial charge < -0.3 is 4.90 Å². The van der Waals surface area contributed by atoms with E-state index in [1.807, 2.05) is 39.8 Å². The van der Waals surface area contributed by atoms with Gasteiger partial charge in [-0.1, -0.05) is 0 Å². The van der Waals surface area contributed by atoms with Crippen molar-refractivity contribution in [1.29, 1.82) is 0 Å². The number of aromatic nitrogens is 3. The van der Waals surface area contributed by atoms with Gasteiger partial charge >= 0.3 is 0 Å². The Morgan fingerprint density at radius 3 is 2.57 bits per heavy atom. The van der Waals surface area contributed by atoms with Crippen molar-refractivity contribution >= 4 is 27.5 Å². The number of amides is 1. The molecular weight excluding hydrogens is 332 g/mol. The number of carbonyl (C=O) groups excluding carboxylic acids is 1. The Morgan fingerprint density at radius 2 is 2.10 bits per heavy atom. The number of nitrogens with zero attached hydrogens (tertiary/aromatic N) is 4. The molecule has 0 spiro atoms. The molecule has 0 N–H and O–H groups in total. The molecular formula is C15H19BrN4O. The van der Waals surface area contributed by atoms with Crippen molar-refractivity contribution in [2.24, 2.45) is 0 Å². The van der Waals surface area contributed by atoms with Crippen molar-refractivity contribution in [3.05, 3.63) is 40.9 Å². The minimum Gasteiger partial charge on any atom is -0.307 e. The molecule has 2 aromatic rings. The summed E-state index contributed by atoms with van der Waals surface area (Å²) in [6, 6.07) is 3.69. The first-order valence-electron chi connectivity index (χ1n) is 6.82. The fourth-order valence-electron chi connectivity index (χ4n) is 2.05. The van der Waals surface area contributed by atoms with Crippen LogP contribution in [0.4, 0.5) is 5.69 Å². The monoisotopic (exact) mass is 350 g/mol. The quantitative estimate of drug-likeness (QED) is 0.851. The minimum absolute atomic E-state index is 0.0899. The molecule has 0 aliphatic rings. The summed E-state index contributed by atoms with van der Waals surface area (Å²) in [6.45, 7) is 8.62. The smallest absolute Gasteiger partial charge is 0.262 e. The van der Waals surface area contributed by atoms with Crippen molar-refractivity contribution in [2.45, 2.75) is 33.2 Å². The average molecular weight is 351 g/mol. The van der Waals surface area contributed by atoms with Gasteiger partial charge in [0.25, 0.3) is 5.91 Å². The third-order valence-corrected chi connectivity index (χ3v) is 3.86. The van der Waals surface area contributed by atoms with Gasteiger partial charge in [-0.3, -0.25) is 14.5 Å². The predicted octanol–water partition coefficient (Wildman–Crippen LogP) is 3.46. The lowest BCUT2D eigenvalue weighted by Crippen LogP contribution is -2.31. The first-order valence-corrected chi connectivity index (χ1v) is 7.61. The minimum atomic E-state index is -0.192. The van der Waals surface area contributed by atoms with Crippen LogP contribution in [0, 0.1) is 0 Å². The molecule has 2 heterocycles. The van der Waals surface area contributed by atoms with Crippen molar-refractivity contribution in [3.63, 3.8) is 0 Å². The first kappa shape index (κ1) is 15.7. The molecule has 6 heteroatoms. The Labute approximate surface area is 133 Å². The molecule has 0 aliphatic heterocycles. The van der Waals surface area contributed by atoms with E-state index in [9.17, 15) is 4.79 Å². The highest BCUT2D eigenvalue weighted by Gasteiger charge is 2.25. The molecule has 0 saturated carbocycles. The Kier molecular flexibility index (Phi) is 4.46. The Balaban J connectivity index is 2.38. The summed E-state index contributed by atoms with van der Waals surface area (Å²) in [6.07, 6.45) is 4.98. The largest absolute Gasteiger partial charge is 0.307 e. The molecule has 0 aliphatic carbocycles. The van der Waals surface area contributed by atoms with Gasteiger partial charge in [-0.2, -0.15) is 5.10 Å². The van der Waals surface area contributed by atoms with Crippen LogP contribution in [0.3, 0.4) is 0 Å². The lowest BCUT2D eigenvalue weighted by Gasteiger charge is -2.22. The Bertz CT molecular complexity index is 631. The number of carbonyl (C=O) groups is 1. The second-order valence-electron chi connectivity index (χ2n) is 5.69. The summed E-state index contributed by atoms with van der Waals surface area (Å²) in [7, 11) is 0.